The lowest BCUT2D eigenvalue weighted by Gasteiger charge is -1.96. The van der Waals surface area contributed by atoms with Crippen LogP contribution in [0.4, 0.5) is 0 Å². The van der Waals surface area contributed by atoms with Crippen molar-refractivity contribution in [2.24, 2.45) is 0 Å². The first-order valence-electron chi connectivity index (χ1n) is 3.98. The molecule has 5 heteroatoms. The first-order valence-corrected chi connectivity index (χ1v) is 4.80. The molecule has 0 spiro atoms. The zero-order valence-electron chi connectivity index (χ0n) is 7.53. The smallest absolute Gasteiger partial charge is 0.347 e. The molecule has 1 N–H and O–H groups in total. The van der Waals surface area contributed by atoms with E-state index in [1.54, 1.807) is 6.92 Å². The van der Waals surface area contributed by atoms with Crippen LogP contribution >= 0.6 is 11.3 Å². The number of hydrogen-bond donors (Lipinski definition) is 1. The summed E-state index contributed by atoms with van der Waals surface area (Å²) in [6.45, 7) is 4.23. The van der Waals surface area contributed by atoms with E-state index in [1.807, 2.05) is 6.92 Å². The zero-order valence-corrected chi connectivity index (χ0v) is 8.35. The van der Waals surface area contributed by atoms with Gasteiger partial charge in [-0.1, -0.05) is 18.3 Å². The number of nitrogens with zero attached hydrogens (tertiary/aromatic N) is 1. The van der Waals surface area contributed by atoms with Gasteiger partial charge in [0.15, 0.2) is 0 Å². The van der Waals surface area contributed by atoms with Gasteiger partial charge >= 0.3 is 5.97 Å². The number of carboxylic acids is 1. The van der Waals surface area contributed by atoms with Gasteiger partial charge in [0.2, 0.25) is 0 Å². The monoisotopic (exact) mass is 201 g/mol. The van der Waals surface area contributed by atoms with E-state index < -0.39 is 5.97 Å². The Morgan fingerprint density at radius 2 is 2.38 bits per heavy atom. The highest BCUT2D eigenvalue weighted by Crippen LogP contribution is 2.24. The van der Waals surface area contributed by atoms with Gasteiger partial charge in [0.25, 0.3) is 5.19 Å². The van der Waals surface area contributed by atoms with E-state index >= 15 is 0 Å². The highest BCUT2D eigenvalue weighted by molar-refractivity contribution is 7.15. The maximum absolute atomic E-state index is 10.6. The van der Waals surface area contributed by atoms with E-state index in [1.165, 1.54) is 0 Å². The largest absolute Gasteiger partial charge is 0.477 e. The number of hydrogen-bond acceptors (Lipinski definition) is 4. The van der Waals surface area contributed by atoms with Crippen LogP contribution in [0.3, 0.4) is 0 Å². The lowest BCUT2D eigenvalue weighted by atomic mass is 10.4. The molecule has 0 fully saturated rings. The van der Waals surface area contributed by atoms with Crippen LogP contribution in [0, 0.1) is 6.92 Å². The van der Waals surface area contributed by atoms with Crippen LogP contribution < -0.4 is 4.74 Å². The Balaban J connectivity index is 2.76. The molecular formula is C8H11NO3S. The number of aromatic nitrogens is 1. The van der Waals surface area contributed by atoms with E-state index in [0.29, 0.717) is 17.5 Å². The van der Waals surface area contributed by atoms with E-state index in [4.69, 9.17) is 9.84 Å². The maximum Gasteiger partial charge on any atom is 0.347 e. The topological polar surface area (TPSA) is 59.4 Å². The van der Waals surface area contributed by atoms with Crippen LogP contribution in [-0.2, 0) is 0 Å². The molecule has 1 aromatic heterocycles. The zero-order chi connectivity index (χ0) is 9.84. The van der Waals surface area contributed by atoms with Crippen molar-refractivity contribution >= 4 is 17.3 Å². The van der Waals surface area contributed by atoms with Gasteiger partial charge in [0, 0.05) is 0 Å². The second-order valence-electron chi connectivity index (χ2n) is 2.55. The van der Waals surface area contributed by atoms with Crippen LogP contribution in [-0.4, -0.2) is 22.7 Å². The van der Waals surface area contributed by atoms with Crippen molar-refractivity contribution in [1.29, 1.82) is 0 Å². The van der Waals surface area contributed by atoms with Crippen LogP contribution in [0.1, 0.15) is 28.7 Å². The molecule has 0 unspecified atom stereocenters. The third kappa shape index (κ3) is 2.42. The number of ether oxygens (including phenoxy) is 1. The lowest BCUT2D eigenvalue weighted by Crippen LogP contribution is -1.94. The summed E-state index contributed by atoms with van der Waals surface area (Å²) in [6.07, 6.45) is 0.890. The Kier molecular flexibility index (Phi) is 3.25. The van der Waals surface area contributed by atoms with Crippen molar-refractivity contribution in [3.8, 4) is 5.19 Å². The number of aryl methyl sites for hydroxylation is 1. The van der Waals surface area contributed by atoms with Gasteiger partial charge in [0.05, 0.1) is 12.3 Å². The number of carboxylic acid groups (broad SMARTS) is 1. The molecule has 1 rings (SSSR count). The summed E-state index contributed by atoms with van der Waals surface area (Å²) in [5.41, 5.74) is 0.517. The Labute approximate surface area is 80.2 Å². The van der Waals surface area contributed by atoms with E-state index in [2.05, 4.69) is 4.98 Å². The van der Waals surface area contributed by atoms with Gasteiger partial charge < -0.3 is 9.84 Å². The standard InChI is InChI=1S/C8H11NO3S/c1-3-4-12-8-9-5(2)6(13-8)7(10)11/h3-4H2,1-2H3,(H,10,11). The molecule has 0 saturated carbocycles. The van der Waals surface area contributed by atoms with Crippen molar-refractivity contribution < 1.29 is 14.6 Å². The predicted octanol–water partition coefficient (Wildman–Crippen LogP) is 1.94. The van der Waals surface area contributed by atoms with Crippen molar-refractivity contribution in [1.82, 2.24) is 4.98 Å². The minimum Gasteiger partial charge on any atom is -0.477 e. The first kappa shape index (κ1) is 9.98. The van der Waals surface area contributed by atoms with E-state index in [-0.39, 0.29) is 4.88 Å². The third-order valence-corrected chi connectivity index (χ3v) is 2.46. The molecule has 13 heavy (non-hydrogen) atoms. The predicted molar refractivity (Wildman–Crippen MR) is 49.6 cm³/mol. The minimum absolute atomic E-state index is 0.256. The second-order valence-corrected chi connectivity index (χ2v) is 3.51. The van der Waals surface area contributed by atoms with Crippen molar-refractivity contribution in [3.05, 3.63) is 10.6 Å². The van der Waals surface area contributed by atoms with Crippen LogP contribution in [0.5, 0.6) is 5.19 Å². The molecule has 0 aromatic carbocycles. The Morgan fingerprint density at radius 1 is 1.69 bits per heavy atom. The number of thiazole rings is 1. The first-order chi connectivity index (χ1) is 6.15. The van der Waals surface area contributed by atoms with Gasteiger partial charge in [-0.05, 0) is 13.3 Å². The quantitative estimate of drug-likeness (QED) is 0.808. The fourth-order valence-corrected chi connectivity index (χ4v) is 1.60. The highest BCUT2D eigenvalue weighted by atomic mass is 32.1. The van der Waals surface area contributed by atoms with Gasteiger partial charge in [0.1, 0.15) is 4.88 Å². The van der Waals surface area contributed by atoms with Crippen LogP contribution in [0.2, 0.25) is 0 Å². The molecule has 4 nitrogen and oxygen atoms in total. The van der Waals surface area contributed by atoms with E-state index in [0.717, 1.165) is 17.8 Å². The highest BCUT2D eigenvalue weighted by Gasteiger charge is 2.14. The lowest BCUT2D eigenvalue weighted by molar-refractivity contribution is 0.0701. The molecule has 0 aliphatic rings. The molecule has 0 bridgehead atoms. The summed E-state index contributed by atoms with van der Waals surface area (Å²) >= 11 is 1.07. The number of rotatable bonds is 4. The number of carbonyl (C=O) groups is 1. The molecule has 0 atom stereocenters. The molecule has 1 heterocycles. The second kappa shape index (κ2) is 4.23. The van der Waals surface area contributed by atoms with Gasteiger partial charge in [-0.2, -0.15) is 0 Å². The summed E-state index contributed by atoms with van der Waals surface area (Å²) in [7, 11) is 0. The molecular weight excluding hydrogens is 190 g/mol. The van der Waals surface area contributed by atoms with Crippen molar-refractivity contribution in [2.75, 3.05) is 6.61 Å². The Hall–Kier alpha value is -1.10. The summed E-state index contributed by atoms with van der Waals surface area (Å²) < 4.78 is 5.21. The fraction of sp³-hybridized carbons (Fsp3) is 0.500. The summed E-state index contributed by atoms with van der Waals surface area (Å²) in [5, 5.41) is 9.16. The fourth-order valence-electron chi connectivity index (χ4n) is 0.821. The molecule has 1 aromatic rings. The van der Waals surface area contributed by atoms with Crippen molar-refractivity contribution in [2.45, 2.75) is 20.3 Å². The van der Waals surface area contributed by atoms with Crippen LogP contribution in [0.15, 0.2) is 0 Å². The Bertz CT molecular complexity index is 308. The average molecular weight is 201 g/mol. The Morgan fingerprint density at radius 3 is 2.85 bits per heavy atom. The SMILES string of the molecule is CCCOc1nc(C)c(C(=O)O)s1. The summed E-state index contributed by atoms with van der Waals surface area (Å²) in [5.74, 6) is -0.943. The molecule has 0 amide bonds. The normalized spacial score (nSPS) is 10.0. The average Bonchev–Trinajstić information content (AvgIpc) is 2.43. The van der Waals surface area contributed by atoms with E-state index in [9.17, 15) is 4.79 Å². The number of aromatic carboxylic acids is 1. The van der Waals surface area contributed by atoms with Crippen molar-refractivity contribution in [3.63, 3.8) is 0 Å². The van der Waals surface area contributed by atoms with Gasteiger partial charge in [-0.25, -0.2) is 9.78 Å². The molecule has 0 saturated heterocycles. The summed E-state index contributed by atoms with van der Waals surface area (Å²) in [4.78, 5) is 14.9. The third-order valence-electron chi connectivity index (χ3n) is 1.40. The van der Waals surface area contributed by atoms with Crippen LogP contribution in [0.25, 0.3) is 0 Å². The summed E-state index contributed by atoms with van der Waals surface area (Å²) in [6, 6.07) is 0. The molecule has 0 aliphatic carbocycles. The molecule has 72 valence electrons. The van der Waals surface area contributed by atoms with Gasteiger partial charge in [-0.3, -0.25) is 0 Å². The molecule has 0 aliphatic heterocycles. The minimum atomic E-state index is -0.943. The van der Waals surface area contributed by atoms with Gasteiger partial charge in [-0.15, -0.1) is 0 Å². The molecule has 0 radical (unpaired) electrons. The maximum atomic E-state index is 10.6.